The number of ether oxygens (including phenoxy) is 3. The van der Waals surface area contributed by atoms with Crippen LogP contribution in [0.5, 0.6) is 0 Å². The number of carbonyl (C=O) groups is 1. The van der Waals surface area contributed by atoms with E-state index in [0.29, 0.717) is 19.6 Å². The van der Waals surface area contributed by atoms with Crippen molar-refractivity contribution in [3.8, 4) is 0 Å². The van der Waals surface area contributed by atoms with Gasteiger partial charge in [0.25, 0.3) is 0 Å². The predicted molar refractivity (Wildman–Crippen MR) is 71.3 cm³/mol. The van der Waals surface area contributed by atoms with Crippen molar-refractivity contribution < 1.29 is 19.0 Å². The zero-order chi connectivity index (χ0) is 13.8. The van der Waals surface area contributed by atoms with Gasteiger partial charge in [0.15, 0.2) is 6.29 Å². The molecule has 0 saturated heterocycles. The Hall–Kier alpha value is -0.610. The molecule has 0 aromatic rings. The van der Waals surface area contributed by atoms with Crippen LogP contribution in [0.1, 0.15) is 52.9 Å². The molecule has 0 amide bonds. The summed E-state index contributed by atoms with van der Waals surface area (Å²) in [6, 6.07) is 0. The zero-order valence-corrected chi connectivity index (χ0v) is 12.2. The number of unbranched alkanes of at least 4 members (excludes halogenated alkanes) is 1. The van der Waals surface area contributed by atoms with E-state index in [0.717, 1.165) is 25.7 Å². The van der Waals surface area contributed by atoms with Crippen LogP contribution in [0.2, 0.25) is 0 Å². The SMILES string of the molecule is CCCCOC(CC(CCC)C(=O)OCC)OC. The van der Waals surface area contributed by atoms with Gasteiger partial charge in [0.05, 0.1) is 12.5 Å². The van der Waals surface area contributed by atoms with E-state index in [2.05, 4.69) is 13.8 Å². The third-order valence-electron chi connectivity index (χ3n) is 2.80. The summed E-state index contributed by atoms with van der Waals surface area (Å²) in [5, 5.41) is 0. The fraction of sp³-hybridized carbons (Fsp3) is 0.929. The lowest BCUT2D eigenvalue weighted by atomic mass is 9.99. The first-order valence-electron chi connectivity index (χ1n) is 7.00. The van der Waals surface area contributed by atoms with Crippen LogP contribution in [-0.4, -0.2) is 32.6 Å². The maximum atomic E-state index is 11.8. The fourth-order valence-electron chi connectivity index (χ4n) is 1.76. The second kappa shape index (κ2) is 11.5. The van der Waals surface area contributed by atoms with Gasteiger partial charge in [0, 0.05) is 20.1 Å². The van der Waals surface area contributed by atoms with E-state index < -0.39 is 0 Å². The molecule has 0 aromatic carbocycles. The molecule has 2 unspecified atom stereocenters. The molecule has 0 spiro atoms. The maximum Gasteiger partial charge on any atom is 0.309 e. The molecule has 4 nitrogen and oxygen atoms in total. The first-order valence-corrected chi connectivity index (χ1v) is 7.00. The van der Waals surface area contributed by atoms with Gasteiger partial charge in [-0.05, 0) is 19.8 Å². The largest absolute Gasteiger partial charge is 0.466 e. The quantitative estimate of drug-likeness (QED) is 0.325. The van der Waals surface area contributed by atoms with Crippen LogP contribution < -0.4 is 0 Å². The summed E-state index contributed by atoms with van der Waals surface area (Å²) in [4.78, 5) is 11.8. The molecule has 0 fully saturated rings. The van der Waals surface area contributed by atoms with Gasteiger partial charge < -0.3 is 14.2 Å². The molecule has 0 radical (unpaired) electrons. The minimum Gasteiger partial charge on any atom is -0.466 e. The van der Waals surface area contributed by atoms with Crippen molar-refractivity contribution in [2.45, 2.75) is 59.2 Å². The molecule has 0 aliphatic carbocycles. The highest BCUT2D eigenvalue weighted by Crippen LogP contribution is 2.18. The average molecular weight is 260 g/mol. The molecule has 0 saturated carbocycles. The third kappa shape index (κ3) is 7.67. The number of rotatable bonds is 11. The van der Waals surface area contributed by atoms with Crippen LogP contribution in [0, 0.1) is 5.92 Å². The lowest BCUT2D eigenvalue weighted by Crippen LogP contribution is -2.26. The van der Waals surface area contributed by atoms with Crippen LogP contribution in [0.4, 0.5) is 0 Å². The number of hydrogen-bond acceptors (Lipinski definition) is 4. The van der Waals surface area contributed by atoms with E-state index in [-0.39, 0.29) is 18.2 Å². The summed E-state index contributed by atoms with van der Waals surface area (Å²) in [6.45, 7) is 7.10. The number of hydrogen-bond donors (Lipinski definition) is 0. The van der Waals surface area contributed by atoms with Crippen molar-refractivity contribution in [2.24, 2.45) is 5.92 Å². The maximum absolute atomic E-state index is 11.8. The van der Waals surface area contributed by atoms with Gasteiger partial charge in [-0.15, -0.1) is 0 Å². The van der Waals surface area contributed by atoms with Crippen molar-refractivity contribution >= 4 is 5.97 Å². The van der Waals surface area contributed by atoms with E-state index in [4.69, 9.17) is 14.2 Å². The number of carbonyl (C=O) groups excluding carboxylic acids is 1. The molecule has 18 heavy (non-hydrogen) atoms. The smallest absolute Gasteiger partial charge is 0.309 e. The molecular weight excluding hydrogens is 232 g/mol. The summed E-state index contributed by atoms with van der Waals surface area (Å²) in [7, 11) is 1.62. The molecule has 0 aliphatic rings. The summed E-state index contributed by atoms with van der Waals surface area (Å²) in [6.07, 6.45) is 4.14. The molecule has 0 aliphatic heterocycles. The molecular formula is C14H28O4. The Balaban J connectivity index is 4.20. The summed E-state index contributed by atoms with van der Waals surface area (Å²) < 4.78 is 16.0. The average Bonchev–Trinajstić information content (AvgIpc) is 2.37. The van der Waals surface area contributed by atoms with E-state index in [9.17, 15) is 4.79 Å². The van der Waals surface area contributed by atoms with Gasteiger partial charge in [-0.3, -0.25) is 4.79 Å². The van der Waals surface area contributed by atoms with Crippen LogP contribution in [0.15, 0.2) is 0 Å². The van der Waals surface area contributed by atoms with E-state index in [1.54, 1.807) is 7.11 Å². The summed E-state index contributed by atoms with van der Waals surface area (Å²) in [5.41, 5.74) is 0. The van der Waals surface area contributed by atoms with Gasteiger partial charge in [-0.25, -0.2) is 0 Å². The topological polar surface area (TPSA) is 44.8 Å². The first kappa shape index (κ1) is 17.4. The number of methoxy groups -OCH3 is 1. The van der Waals surface area contributed by atoms with Gasteiger partial charge in [0.2, 0.25) is 0 Å². The lowest BCUT2D eigenvalue weighted by Gasteiger charge is -2.21. The number of esters is 1. The van der Waals surface area contributed by atoms with Crippen molar-refractivity contribution in [2.75, 3.05) is 20.3 Å². The standard InChI is InChI=1S/C14H28O4/c1-5-8-10-18-13(16-4)11-12(9-6-2)14(15)17-7-3/h12-13H,5-11H2,1-4H3. The van der Waals surface area contributed by atoms with Crippen LogP contribution >= 0.6 is 0 Å². The van der Waals surface area contributed by atoms with Gasteiger partial charge in [-0.2, -0.15) is 0 Å². The zero-order valence-electron chi connectivity index (χ0n) is 12.2. The minimum atomic E-state index is -0.308. The highest BCUT2D eigenvalue weighted by molar-refractivity contribution is 5.72. The monoisotopic (exact) mass is 260 g/mol. The second-order valence-corrected chi connectivity index (χ2v) is 4.36. The Morgan fingerprint density at radius 3 is 2.39 bits per heavy atom. The Morgan fingerprint density at radius 2 is 1.89 bits per heavy atom. The van der Waals surface area contributed by atoms with Crippen molar-refractivity contribution in [3.63, 3.8) is 0 Å². The molecule has 0 rings (SSSR count). The lowest BCUT2D eigenvalue weighted by molar-refractivity contribution is -0.161. The van der Waals surface area contributed by atoms with Crippen molar-refractivity contribution in [1.82, 2.24) is 0 Å². The highest BCUT2D eigenvalue weighted by Gasteiger charge is 2.23. The van der Waals surface area contributed by atoms with Gasteiger partial charge in [0.1, 0.15) is 0 Å². The molecule has 2 atom stereocenters. The third-order valence-corrected chi connectivity index (χ3v) is 2.80. The van der Waals surface area contributed by atoms with E-state index in [1.807, 2.05) is 6.92 Å². The predicted octanol–water partition coefficient (Wildman–Crippen LogP) is 3.15. The fourth-order valence-corrected chi connectivity index (χ4v) is 1.76. The Bertz CT molecular complexity index is 206. The van der Waals surface area contributed by atoms with Crippen LogP contribution in [0.3, 0.4) is 0 Å². The second-order valence-electron chi connectivity index (χ2n) is 4.36. The molecule has 0 aromatic heterocycles. The van der Waals surface area contributed by atoms with Crippen molar-refractivity contribution in [3.05, 3.63) is 0 Å². The van der Waals surface area contributed by atoms with Crippen LogP contribution in [0.25, 0.3) is 0 Å². The molecule has 0 bridgehead atoms. The van der Waals surface area contributed by atoms with E-state index >= 15 is 0 Å². The Morgan fingerprint density at radius 1 is 1.17 bits per heavy atom. The van der Waals surface area contributed by atoms with E-state index in [1.165, 1.54) is 0 Å². The Labute approximate surface area is 111 Å². The first-order chi connectivity index (χ1) is 8.69. The molecule has 4 heteroatoms. The normalized spacial score (nSPS) is 14.2. The molecule has 108 valence electrons. The van der Waals surface area contributed by atoms with Crippen LogP contribution in [-0.2, 0) is 19.0 Å². The molecule has 0 N–H and O–H groups in total. The highest BCUT2D eigenvalue weighted by atomic mass is 16.7. The van der Waals surface area contributed by atoms with Crippen molar-refractivity contribution in [1.29, 1.82) is 0 Å². The molecule has 0 heterocycles. The van der Waals surface area contributed by atoms with Gasteiger partial charge >= 0.3 is 5.97 Å². The Kier molecular flexibility index (Phi) is 11.1. The summed E-state index contributed by atoms with van der Waals surface area (Å²) >= 11 is 0. The summed E-state index contributed by atoms with van der Waals surface area (Å²) in [5.74, 6) is -0.262. The van der Waals surface area contributed by atoms with Gasteiger partial charge in [-0.1, -0.05) is 26.7 Å². The minimum absolute atomic E-state index is 0.124.